The molecule has 0 spiro atoms. The topological polar surface area (TPSA) is 86.8 Å². The second-order valence-electron chi connectivity index (χ2n) is 7.52. The van der Waals surface area contributed by atoms with Gasteiger partial charge in [-0.1, -0.05) is 12.1 Å². The molecule has 8 nitrogen and oxygen atoms in total. The highest BCUT2D eigenvalue weighted by Crippen LogP contribution is 2.45. The average Bonchev–Trinajstić information content (AvgIpc) is 3.42. The average molecular weight is 489 g/mol. The fourth-order valence-corrected chi connectivity index (χ4v) is 3.82. The zero-order valence-corrected chi connectivity index (χ0v) is 17.9. The van der Waals surface area contributed by atoms with Crippen molar-refractivity contribution >= 4 is 22.6 Å². The zero-order valence-electron chi connectivity index (χ0n) is 17.9. The molecule has 0 N–H and O–H groups in total. The zero-order chi connectivity index (χ0) is 24.9. The van der Waals surface area contributed by atoms with E-state index in [9.17, 15) is 27.2 Å². The molecule has 1 aliphatic rings. The van der Waals surface area contributed by atoms with Crippen molar-refractivity contribution in [3.05, 3.63) is 70.7 Å². The summed E-state index contributed by atoms with van der Waals surface area (Å²) in [5, 5.41) is 4.30. The Morgan fingerprint density at radius 1 is 1.14 bits per heavy atom. The van der Waals surface area contributed by atoms with Gasteiger partial charge in [-0.2, -0.15) is 5.10 Å². The van der Waals surface area contributed by atoms with Crippen LogP contribution in [0.25, 0.3) is 22.2 Å². The quantitative estimate of drug-likeness (QED) is 0.389. The monoisotopic (exact) mass is 489 g/mol. The number of fused-ring (bicyclic) bond motifs is 2. The van der Waals surface area contributed by atoms with Crippen molar-refractivity contribution in [2.75, 3.05) is 11.4 Å². The number of furan rings is 1. The first-order chi connectivity index (χ1) is 16.7. The highest BCUT2D eigenvalue weighted by atomic mass is 19.3. The molecule has 12 heteroatoms. The van der Waals surface area contributed by atoms with Crippen LogP contribution in [0.5, 0.6) is 11.5 Å². The van der Waals surface area contributed by atoms with E-state index in [1.165, 1.54) is 37.5 Å². The number of hydrogen-bond donors (Lipinski definition) is 0. The number of benzene rings is 2. The first-order valence-corrected chi connectivity index (χ1v) is 10.3. The summed E-state index contributed by atoms with van der Waals surface area (Å²) in [4.78, 5) is 27.0. The van der Waals surface area contributed by atoms with Crippen molar-refractivity contribution in [3.8, 4) is 22.8 Å². The maximum atomic E-state index is 15.0. The second kappa shape index (κ2) is 8.15. The van der Waals surface area contributed by atoms with Crippen LogP contribution in [0.3, 0.4) is 0 Å². The Labute approximate surface area is 193 Å². The minimum absolute atomic E-state index is 0.0642. The summed E-state index contributed by atoms with van der Waals surface area (Å²) in [7, 11) is 0. The van der Waals surface area contributed by atoms with Gasteiger partial charge in [-0.15, -0.1) is 8.78 Å². The van der Waals surface area contributed by atoms with Crippen molar-refractivity contribution in [2.45, 2.75) is 19.8 Å². The van der Waals surface area contributed by atoms with E-state index in [0.29, 0.717) is 5.56 Å². The van der Waals surface area contributed by atoms with Crippen LogP contribution in [-0.4, -0.2) is 28.5 Å². The maximum absolute atomic E-state index is 15.0. The van der Waals surface area contributed by atoms with Gasteiger partial charge in [-0.05, 0) is 37.3 Å². The predicted octanol–water partition coefficient (Wildman–Crippen LogP) is 4.31. The molecule has 0 aliphatic carbocycles. The van der Waals surface area contributed by atoms with E-state index in [2.05, 4.69) is 14.6 Å². The molecule has 180 valence electrons. The Balaban J connectivity index is 1.53. The van der Waals surface area contributed by atoms with Crippen molar-refractivity contribution in [2.24, 2.45) is 0 Å². The highest BCUT2D eigenvalue weighted by Gasteiger charge is 2.46. The number of nitrogens with zero attached hydrogens (tertiary/aromatic N) is 3. The fourth-order valence-electron chi connectivity index (χ4n) is 3.82. The number of carbonyl (C=O) groups excluding carboxylic acids is 1. The van der Waals surface area contributed by atoms with Crippen molar-refractivity contribution in [1.29, 1.82) is 0 Å². The fraction of sp³-hybridized carbons (Fsp3) is 0.174. The number of aromatic nitrogens is 2. The molecule has 3 heterocycles. The molecule has 1 amide bonds. The summed E-state index contributed by atoms with van der Waals surface area (Å²) in [6.45, 7) is 0.843. The van der Waals surface area contributed by atoms with Crippen LogP contribution in [0.2, 0.25) is 0 Å². The molecule has 4 aromatic rings. The molecule has 35 heavy (non-hydrogen) atoms. The van der Waals surface area contributed by atoms with Crippen LogP contribution in [-0.2, 0) is 11.3 Å². The third kappa shape index (κ3) is 3.86. The molecule has 0 saturated heterocycles. The molecule has 0 unspecified atom stereocenters. The van der Waals surface area contributed by atoms with E-state index in [1.54, 1.807) is 6.07 Å². The number of likely N-dealkylation sites (N-methyl/N-ethyl adjacent to an activating group) is 1. The number of ether oxygens (including phenoxy) is 2. The number of carbonyl (C=O) groups is 1. The van der Waals surface area contributed by atoms with Gasteiger partial charge in [0.15, 0.2) is 17.1 Å². The molecule has 0 radical (unpaired) electrons. The van der Waals surface area contributed by atoms with Gasteiger partial charge in [-0.25, -0.2) is 13.5 Å². The van der Waals surface area contributed by atoms with E-state index in [-0.39, 0.29) is 28.9 Å². The van der Waals surface area contributed by atoms with E-state index in [1.807, 2.05) is 0 Å². The number of halogens is 4. The normalized spacial score (nSPS) is 13.9. The molecule has 0 atom stereocenters. The van der Waals surface area contributed by atoms with Crippen molar-refractivity contribution in [1.82, 2.24) is 9.78 Å². The molecule has 0 saturated carbocycles. The third-order valence-corrected chi connectivity index (χ3v) is 5.35. The predicted molar refractivity (Wildman–Crippen MR) is 114 cm³/mol. The summed E-state index contributed by atoms with van der Waals surface area (Å²) in [5.41, 5.74) is -0.471. The minimum atomic E-state index is -4.03. The lowest BCUT2D eigenvalue weighted by Gasteiger charge is -2.22. The van der Waals surface area contributed by atoms with Gasteiger partial charge in [0.1, 0.15) is 18.1 Å². The number of amides is 1. The number of hydrogen-bond acceptors (Lipinski definition) is 6. The molecule has 0 bridgehead atoms. The molecule has 1 aliphatic heterocycles. The molecular formula is C23H15F4N3O5. The third-order valence-electron chi connectivity index (χ3n) is 5.35. The molecule has 2 aromatic heterocycles. The van der Waals surface area contributed by atoms with Gasteiger partial charge in [-0.3, -0.25) is 9.59 Å². The van der Waals surface area contributed by atoms with E-state index < -0.39 is 47.4 Å². The Hall–Kier alpha value is -4.35. The van der Waals surface area contributed by atoms with Crippen molar-refractivity contribution < 1.29 is 36.2 Å². The second-order valence-corrected chi connectivity index (χ2v) is 7.52. The Bertz CT molecular complexity index is 1530. The van der Waals surface area contributed by atoms with Gasteiger partial charge in [0.05, 0.1) is 17.3 Å². The minimum Gasteiger partial charge on any atom is -0.462 e. The van der Waals surface area contributed by atoms with E-state index in [0.717, 1.165) is 21.7 Å². The Morgan fingerprint density at radius 3 is 2.69 bits per heavy atom. The van der Waals surface area contributed by atoms with Crippen LogP contribution in [0.1, 0.15) is 6.92 Å². The smallest absolute Gasteiger partial charge is 0.462 e. The van der Waals surface area contributed by atoms with Crippen LogP contribution >= 0.6 is 0 Å². The lowest BCUT2D eigenvalue weighted by atomic mass is 10.1. The van der Waals surface area contributed by atoms with Crippen molar-refractivity contribution in [3.63, 3.8) is 0 Å². The van der Waals surface area contributed by atoms with Crippen LogP contribution < -0.4 is 19.9 Å². The van der Waals surface area contributed by atoms with Crippen LogP contribution in [0.15, 0.2) is 57.9 Å². The molecular weight excluding hydrogens is 474 g/mol. The summed E-state index contributed by atoms with van der Waals surface area (Å²) in [5.74, 6) is -3.87. The number of alkyl halides is 2. The van der Waals surface area contributed by atoms with Gasteiger partial charge >= 0.3 is 6.29 Å². The lowest BCUT2D eigenvalue weighted by Crippen LogP contribution is -2.38. The Kier molecular flexibility index (Phi) is 5.23. The van der Waals surface area contributed by atoms with E-state index >= 15 is 0 Å². The van der Waals surface area contributed by atoms with Gasteiger partial charge < -0.3 is 18.8 Å². The summed E-state index contributed by atoms with van der Waals surface area (Å²) in [6.07, 6.45) is -2.77. The first-order valence-electron chi connectivity index (χ1n) is 10.3. The molecule has 0 fully saturated rings. The van der Waals surface area contributed by atoms with Gasteiger partial charge in [0.25, 0.3) is 5.56 Å². The number of rotatable bonds is 5. The first kappa shape index (κ1) is 22.4. The molecule has 5 rings (SSSR count). The lowest BCUT2D eigenvalue weighted by molar-refractivity contribution is -0.287. The largest absolute Gasteiger partial charge is 0.586 e. The van der Waals surface area contributed by atoms with Gasteiger partial charge in [0.2, 0.25) is 11.7 Å². The molecule has 2 aromatic carbocycles. The maximum Gasteiger partial charge on any atom is 0.586 e. The standard InChI is InChI=1S/C23H15F4N3O5/c1-2-29(15-6-7-16-21(18(15)25)35-23(26,27)34-16)17(31)11-30-22(32)14-8-9-33-20(14)19(28-30)12-4-3-5-13(24)10-12/h3-10H,2,11H2,1H3. The van der Waals surface area contributed by atoms with Crippen LogP contribution in [0, 0.1) is 11.6 Å². The number of anilines is 1. The van der Waals surface area contributed by atoms with E-state index in [4.69, 9.17) is 4.42 Å². The van der Waals surface area contributed by atoms with Gasteiger partial charge in [0, 0.05) is 12.1 Å². The SMILES string of the molecule is CCN(C(=O)Cn1nc(-c2cccc(F)c2)c2occc2c1=O)c1ccc2c(c1F)OC(F)(F)O2. The summed E-state index contributed by atoms with van der Waals surface area (Å²) < 4.78 is 70.1. The summed E-state index contributed by atoms with van der Waals surface area (Å²) in [6, 6.07) is 8.96. The Morgan fingerprint density at radius 2 is 1.94 bits per heavy atom. The highest BCUT2D eigenvalue weighted by molar-refractivity contribution is 5.94. The van der Waals surface area contributed by atoms with Crippen LogP contribution in [0.4, 0.5) is 23.2 Å². The summed E-state index contributed by atoms with van der Waals surface area (Å²) >= 11 is 0.